The van der Waals surface area contributed by atoms with Crippen LogP contribution in [0.2, 0.25) is 0 Å². The van der Waals surface area contributed by atoms with Crippen LogP contribution in [0.5, 0.6) is 11.6 Å². The molecular formula is C14H16FN3O. The SMILES string of the molecule is CCCN(C)c1cc(Oc2cccc(F)c2)ncn1. The Morgan fingerprint density at radius 2 is 2.11 bits per heavy atom. The van der Waals surface area contributed by atoms with E-state index in [0.717, 1.165) is 18.8 Å². The molecule has 1 heterocycles. The Labute approximate surface area is 111 Å². The first-order chi connectivity index (χ1) is 9.19. The van der Waals surface area contributed by atoms with Gasteiger partial charge in [-0.1, -0.05) is 13.0 Å². The number of anilines is 1. The van der Waals surface area contributed by atoms with Crippen LogP contribution in [0.25, 0.3) is 0 Å². The van der Waals surface area contributed by atoms with Crippen molar-refractivity contribution in [2.24, 2.45) is 0 Å². The Balaban J connectivity index is 2.15. The largest absolute Gasteiger partial charge is 0.439 e. The van der Waals surface area contributed by atoms with Crippen molar-refractivity contribution >= 4 is 5.82 Å². The van der Waals surface area contributed by atoms with Crippen molar-refractivity contribution < 1.29 is 9.13 Å². The molecule has 0 radical (unpaired) electrons. The lowest BCUT2D eigenvalue weighted by atomic mass is 10.3. The van der Waals surface area contributed by atoms with Crippen LogP contribution in [-0.4, -0.2) is 23.6 Å². The molecule has 0 bridgehead atoms. The number of benzene rings is 1. The van der Waals surface area contributed by atoms with Crippen LogP contribution in [0.15, 0.2) is 36.7 Å². The predicted molar refractivity (Wildman–Crippen MR) is 72.1 cm³/mol. The van der Waals surface area contributed by atoms with E-state index in [1.54, 1.807) is 18.2 Å². The van der Waals surface area contributed by atoms with Crippen molar-refractivity contribution in [3.8, 4) is 11.6 Å². The first-order valence-electron chi connectivity index (χ1n) is 6.15. The molecule has 2 aromatic rings. The zero-order valence-electron chi connectivity index (χ0n) is 11.0. The highest BCUT2D eigenvalue weighted by Crippen LogP contribution is 2.22. The molecular weight excluding hydrogens is 245 g/mol. The molecule has 5 heteroatoms. The fourth-order valence-corrected chi connectivity index (χ4v) is 1.70. The third-order valence-corrected chi connectivity index (χ3v) is 2.60. The maximum atomic E-state index is 13.1. The van der Waals surface area contributed by atoms with Gasteiger partial charge in [-0.05, 0) is 18.6 Å². The maximum absolute atomic E-state index is 13.1. The Morgan fingerprint density at radius 1 is 1.26 bits per heavy atom. The number of ether oxygens (including phenoxy) is 1. The number of rotatable bonds is 5. The summed E-state index contributed by atoms with van der Waals surface area (Å²) >= 11 is 0. The van der Waals surface area contributed by atoms with Crippen molar-refractivity contribution in [1.82, 2.24) is 9.97 Å². The van der Waals surface area contributed by atoms with Gasteiger partial charge in [0.05, 0.1) is 0 Å². The second-order valence-electron chi connectivity index (χ2n) is 4.20. The molecule has 0 N–H and O–H groups in total. The topological polar surface area (TPSA) is 38.2 Å². The Bertz CT molecular complexity index is 548. The lowest BCUT2D eigenvalue weighted by Gasteiger charge is -2.17. The highest BCUT2D eigenvalue weighted by Gasteiger charge is 2.05. The van der Waals surface area contributed by atoms with Crippen LogP contribution < -0.4 is 9.64 Å². The minimum Gasteiger partial charge on any atom is -0.439 e. The van der Waals surface area contributed by atoms with Crippen molar-refractivity contribution in [2.75, 3.05) is 18.5 Å². The van der Waals surface area contributed by atoms with Crippen LogP contribution in [0.1, 0.15) is 13.3 Å². The van der Waals surface area contributed by atoms with Crippen LogP contribution in [0.4, 0.5) is 10.2 Å². The van der Waals surface area contributed by atoms with Gasteiger partial charge in [-0.25, -0.2) is 14.4 Å². The van der Waals surface area contributed by atoms with E-state index < -0.39 is 0 Å². The molecule has 0 aliphatic heterocycles. The summed E-state index contributed by atoms with van der Waals surface area (Å²) in [5, 5.41) is 0. The van der Waals surface area contributed by atoms with Gasteiger partial charge in [0.25, 0.3) is 0 Å². The van der Waals surface area contributed by atoms with Crippen LogP contribution in [0, 0.1) is 5.82 Å². The number of aromatic nitrogens is 2. The van der Waals surface area contributed by atoms with Gasteiger partial charge in [0.2, 0.25) is 5.88 Å². The molecule has 0 fully saturated rings. The van der Waals surface area contributed by atoms with E-state index in [1.807, 2.05) is 11.9 Å². The molecule has 0 atom stereocenters. The van der Waals surface area contributed by atoms with Crippen molar-refractivity contribution in [1.29, 1.82) is 0 Å². The fraction of sp³-hybridized carbons (Fsp3) is 0.286. The minimum absolute atomic E-state index is 0.338. The van der Waals surface area contributed by atoms with Gasteiger partial charge < -0.3 is 9.64 Å². The summed E-state index contributed by atoms with van der Waals surface area (Å²) in [6.45, 7) is 3.00. The third kappa shape index (κ3) is 3.64. The van der Waals surface area contributed by atoms with Crippen LogP contribution >= 0.6 is 0 Å². The summed E-state index contributed by atoms with van der Waals surface area (Å²) in [4.78, 5) is 10.2. The monoisotopic (exact) mass is 261 g/mol. The smallest absolute Gasteiger partial charge is 0.224 e. The first kappa shape index (κ1) is 13.3. The van der Waals surface area contributed by atoms with E-state index in [-0.39, 0.29) is 5.82 Å². The molecule has 2 rings (SSSR count). The normalized spacial score (nSPS) is 10.3. The van der Waals surface area contributed by atoms with Gasteiger partial charge in [0.15, 0.2) is 0 Å². The molecule has 0 saturated heterocycles. The molecule has 100 valence electrons. The van der Waals surface area contributed by atoms with Gasteiger partial charge in [-0.2, -0.15) is 0 Å². The summed E-state index contributed by atoms with van der Waals surface area (Å²) in [6, 6.07) is 7.70. The second kappa shape index (κ2) is 6.13. The lowest BCUT2D eigenvalue weighted by molar-refractivity contribution is 0.456. The van der Waals surface area contributed by atoms with Crippen molar-refractivity contribution in [3.63, 3.8) is 0 Å². The zero-order valence-corrected chi connectivity index (χ0v) is 11.0. The minimum atomic E-state index is -0.338. The first-order valence-corrected chi connectivity index (χ1v) is 6.15. The van der Waals surface area contributed by atoms with Gasteiger partial charge >= 0.3 is 0 Å². The van der Waals surface area contributed by atoms with E-state index >= 15 is 0 Å². The van der Waals surface area contributed by atoms with E-state index in [0.29, 0.717) is 11.6 Å². The molecule has 0 spiro atoms. The van der Waals surface area contributed by atoms with Gasteiger partial charge in [0.1, 0.15) is 23.7 Å². The molecule has 19 heavy (non-hydrogen) atoms. The average molecular weight is 261 g/mol. The van der Waals surface area contributed by atoms with Gasteiger partial charge in [0, 0.05) is 25.7 Å². The third-order valence-electron chi connectivity index (χ3n) is 2.60. The van der Waals surface area contributed by atoms with E-state index in [2.05, 4.69) is 16.9 Å². The number of nitrogens with zero attached hydrogens (tertiary/aromatic N) is 3. The standard InChI is InChI=1S/C14H16FN3O/c1-3-7-18(2)13-9-14(17-10-16-13)19-12-6-4-5-11(15)8-12/h4-6,8-10H,3,7H2,1-2H3. The number of hydrogen-bond donors (Lipinski definition) is 0. The summed E-state index contributed by atoms with van der Waals surface area (Å²) in [6.07, 6.45) is 2.47. The maximum Gasteiger partial charge on any atom is 0.224 e. The van der Waals surface area contributed by atoms with E-state index in [9.17, 15) is 4.39 Å². The molecule has 0 aliphatic rings. The molecule has 0 aliphatic carbocycles. The average Bonchev–Trinajstić information content (AvgIpc) is 2.39. The van der Waals surface area contributed by atoms with Crippen LogP contribution in [0.3, 0.4) is 0 Å². The molecule has 1 aromatic carbocycles. The number of halogens is 1. The highest BCUT2D eigenvalue weighted by molar-refractivity contribution is 5.41. The zero-order chi connectivity index (χ0) is 13.7. The van der Waals surface area contributed by atoms with Gasteiger partial charge in [-0.15, -0.1) is 0 Å². The fourth-order valence-electron chi connectivity index (χ4n) is 1.70. The van der Waals surface area contributed by atoms with Crippen molar-refractivity contribution in [3.05, 3.63) is 42.5 Å². The lowest BCUT2D eigenvalue weighted by Crippen LogP contribution is -2.19. The Hall–Kier alpha value is -2.17. The van der Waals surface area contributed by atoms with Crippen molar-refractivity contribution in [2.45, 2.75) is 13.3 Å². The van der Waals surface area contributed by atoms with E-state index in [1.165, 1.54) is 18.5 Å². The number of hydrogen-bond acceptors (Lipinski definition) is 4. The predicted octanol–water partition coefficient (Wildman–Crippen LogP) is 3.25. The summed E-state index contributed by atoms with van der Waals surface area (Å²) in [5.41, 5.74) is 0. The summed E-state index contributed by atoms with van der Waals surface area (Å²) in [5.74, 6) is 1.26. The molecule has 0 amide bonds. The summed E-state index contributed by atoms with van der Waals surface area (Å²) < 4.78 is 18.6. The summed E-state index contributed by atoms with van der Waals surface area (Å²) in [7, 11) is 1.96. The molecule has 1 aromatic heterocycles. The van der Waals surface area contributed by atoms with Crippen LogP contribution in [-0.2, 0) is 0 Å². The molecule has 0 unspecified atom stereocenters. The Morgan fingerprint density at radius 3 is 2.84 bits per heavy atom. The molecule has 0 saturated carbocycles. The second-order valence-corrected chi connectivity index (χ2v) is 4.20. The highest BCUT2D eigenvalue weighted by atomic mass is 19.1. The van der Waals surface area contributed by atoms with Gasteiger partial charge in [-0.3, -0.25) is 0 Å². The molecule has 4 nitrogen and oxygen atoms in total. The Kier molecular flexibility index (Phi) is 4.28. The quantitative estimate of drug-likeness (QED) is 0.828. The van der Waals surface area contributed by atoms with E-state index in [4.69, 9.17) is 4.74 Å².